The molecule has 0 bridgehead atoms. The summed E-state index contributed by atoms with van der Waals surface area (Å²) in [5.74, 6) is 0.928. The van der Waals surface area contributed by atoms with Gasteiger partial charge >= 0.3 is 0 Å². The minimum Gasteiger partial charge on any atom is -0.354 e. The molecule has 1 fully saturated rings. The third-order valence-corrected chi connectivity index (χ3v) is 3.79. The predicted octanol–water partition coefficient (Wildman–Crippen LogP) is 2.77. The van der Waals surface area contributed by atoms with Gasteiger partial charge in [0.25, 0.3) is 0 Å². The normalized spacial score (nSPS) is 25.4. The van der Waals surface area contributed by atoms with E-state index in [1.54, 1.807) is 6.20 Å². The lowest BCUT2D eigenvalue weighted by atomic mass is 9.94. The van der Waals surface area contributed by atoms with Gasteiger partial charge in [-0.15, -0.1) is 16.7 Å². The molecular weight excluding hydrogens is 222 g/mol. The molecule has 0 amide bonds. The van der Waals surface area contributed by atoms with Crippen molar-refractivity contribution in [3.8, 4) is 0 Å². The van der Waals surface area contributed by atoms with Crippen LogP contribution in [-0.4, -0.2) is 28.7 Å². The number of halogens is 1. The third kappa shape index (κ3) is 2.46. The Morgan fingerprint density at radius 3 is 2.81 bits per heavy atom. The molecule has 2 unspecified atom stereocenters. The standard InChI is InChI=1S/C12H18ClN3/c1-9-7-12(15-14-8-9)16(2)11-6-4-3-5-10(11)13/h7-8,10-11H,3-6H2,1-2H3. The van der Waals surface area contributed by atoms with Gasteiger partial charge in [0.1, 0.15) is 0 Å². The molecule has 0 N–H and O–H groups in total. The first-order chi connectivity index (χ1) is 7.68. The molecule has 0 aromatic carbocycles. The second-order valence-corrected chi connectivity index (χ2v) is 5.13. The van der Waals surface area contributed by atoms with Gasteiger partial charge in [0.2, 0.25) is 0 Å². The molecule has 0 aliphatic heterocycles. The van der Waals surface area contributed by atoms with E-state index in [0.717, 1.165) is 24.2 Å². The van der Waals surface area contributed by atoms with Gasteiger partial charge in [-0.3, -0.25) is 0 Å². The van der Waals surface area contributed by atoms with E-state index in [-0.39, 0.29) is 5.38 Å². The first kappa shape index (κ1) is 11.6. The third-order valence-electron chi connectivity index (χ3n) is 3.28. The van der Waals surface area contributed by atoms with Crippen molar-refractivity contribution in [2.45, 2.75) is 44.0 Å². The maximum absolute atomic E-state index is 6.38. The van der Waals surface area contributed by atoms with Crippen LogP contribution >= 0.6 is 11.6 Å². The van der Waals surface area contributed by atoms with E-state index in [0.29, 0.717) is 6.04 Å². The maximum Gasteiger partial charge on any atom is 0.151 e. The highest BCUT2D eigenvalue weighted by Gasteiger charge is 2.27. The topological polar surface area (TPSA) is 29.0 Å². The van der Waals surface area contributed by atoms with Crippen LogP contribution in [0.3, 0.4) is 0 Å². The van der Waals surface area contributed by atoms with Gasteiger partial charge in [-0.05, 0) is 31.4 Å². The smallest absolute Gasteiger partial charge is 0.151 e. The number of nitrogens with zero attached hydrogens (tertiary/aromatic N) is 3. The fourth-order valence-electron chi connectivity index (χ4n) is 2.29. The van der Waals surface area contributed by atoms with Crippen molar-refractivity contribution < 1.29 is 0 Å². The van der Waals surface area contributed by atoms with Gasteiger partial charge in [0, 0.05) is 13.1 Å². The Balaban J connectivity index is 2.14. The van der Waals surface area contributed by atoms with Gasteiger partial charge in [-0.2, -0.15) is 5.10 Å². The first-order valence-electron chi connectivity index (χ1n) is 5.84. The van der Waals surface area contributed by atoms with E-state index in [1.807, 2.05) is 6.92 Å². The summed E-state index contributed by atoms with van der Waals surface area (Å²) in [6, 6.07) is 2.46. The van der Waals surface area contributed by atoms with Crippen molar-refractivity contribution in [2.24, 2.45) is 0 Å². The molecule has 88 valence electrons. The molecule has 2 rings (SSSR count). The maximum atomic E-state index is 6.38. The summed E-state index contributed by atoms with van der Waals surface area (Å²) in [6.07, 6.45) is 6.54. The van der Waals surface area contributed by atoms with Gasteiger partial charge in [0.05, 0.1) is 11.6 Å². The van der Waals surface area contributed by atoms with Crippen molar-refractivity contribution in [1.29, 1.82) is 0 Å². The lowest BCUT2D eigenvalue weighted by Gasteiger charge is -2.35. The Morgan fingerprint density at radius 2 is 2.12 bits per heavy atom. The van der Waals surface area contributed by atoms with Crippen LogP contribution in [0, 0.1) is 6.92 Å². The van der Waals surface area contributed by atoms with Crippen LogP contribution in [0.15, 0.2) is 12.3 Å². The summed E-state index contributed by atoms with van der Waals surface area (Å²) in [6.45, 7) is 2.03. The zero-order chi connectivity index (χ0) is 11.5. The Bertz CT molecular complexity index is 356. The first-order valence-corrected chi connectivity index (χ1v) is 6.28. The summed E-state index contributed by atoms with van der Waals surface area (Å²) >= 11 is 6.38. The molecule has 1 aliphatic carbocycles. The van der Waals surface area contributed by atoms with Crippen LogP contribution in [0.5, 0.6) is 0 Å². The Morgan fingerprint density at radius 1 is 1.38 bits per heavy atom. The Hall–Kier alpha value is -0.830. The van der Waals surface area contributed by atoms with Gasteiger partial charge in [-0.1, -0.05) is 12.8 Å². The van der Waals surface area contributed by atoms with Crippen molar-refractivity contribution in [2.75, 3.05) is 11.9 Å². The molecule has 1 aliphatic rings. The zero-order valence-corrected chi connectivity index (χ0v) is 10.6. The van der Waals surface area contributed by atoms with Gasteiger partial charge in [-0.25, -0.2) is 0 Å². The van der Waals surface area contributed by atoms with Crippen molar-refractivity contribution in [1.82, 2.24) is 10.2 Å². The van der Waals surface area contributed by atoms with E-state index in [4.69, 9.17) is 11.6 Å². The summed E-state index contributed by atoms with van der Waals surface area (Å²) in [5.41, 5.74) is 1.14. The molecule has 0 saturated heterocycles. The van der Waals surface area contributed by atoms with E-state index in [9.17, 15) is 0 Å². The van der Waals surface area contributed by atoms with E-state index in [2.05, 4.69) is 28.2 Å². The number of aryl methyl sites for hydroxylation is 1. The molecule has 1 heterocycles. The minimum atomic E-state index is 0.237. The van der Waals surface area contributed by atoms with Crippen LogP contribution in [0.2, 0.25) is 0 Å². The molecule has 1 aromatic heterocycles. The van der Waals surface area contributed by atoms with Gasteiger partial charge < -0.3 is 4.90 Å². The predicted molar refractivity (Wildman–Crippen MR) is 67.1 cm³/mol. The fourth-order valence-corrected chi connectivity index (χ4v) is 2.74. The molecule has 4 heteroatoms. The number of rotatable bonds is 2. The molecular formula is C12H18ClN3. The number of hydrogen-bond acceptors (Lipinski definition) is 3. The Labute approximate surface area is 102 Å². The number of alkyl halides is 1. The zero-order valence-electron chi connectivity index (χ0n) is 9.86. The molecule has 0 radical (unpaired) electrons. The second-order valence-electron chi connectivity index (χ2n) is 4.57. The van der Waals surface area contributed by atoms with Crippen LogP contribution in [0.1, 0.15) is 31.2 Å². The van der Waals surface area contributed by atoms with E-state index >= 15 is 0 Å². The number of hydrogen-bond donors (Lipinski definition) is 0. The van der Waals surface area contributed by atoms with Crippen molar-refractivity contribution >= 4 is 17.4 Å². The SMILES string of the molecule is Cc1cnnc(N(C)C2CCCCC2Cl)c1. The Kier molecular flexibility index (Phi) is 3.64. The number of aromatic nitrogens is 2. The highest BCUT2D eigenvalue weighted by Crippen LogP contribution is 2.28. The van der Waals surface area contributed by atoms with Crippen LogP contribution < -0.4 is 4.90 Å². The van der Waals surface area contributed by atoms with Gasteiger partial charge in [0.15, 0.2) is 5.82 Å². The quantitative estimate of drug-likeness (QED) is 0.744. The van der Waals surface area contributed by atoms with Crippen LogP contribution in [0.4, 0.5) is 5.82 Å². The lowest BCUT2D eigenvalue weighted by molar-refractivity contribution is 0.432. The molecule has 16 heavy (non-hydrogen) atoms. The highest BCUT2D eigenvalue weighted by molar-refractivity contribution is 6.21. The van der Waals surface area contributed by atoms with Crippen LogP contribution in [0.25, 0.3) is 0 Å². The summed E-state index contributed by atoms with van der Waals surface area (Å²) in [7, 11) is 2.06. The monoisotopic (exact) mass is 239 g/mol. The molecule has 0 spiro atoms. The molecule has 3 nitrogen and oxygen atoms in total. The second kappa shape index (κ2) is 5.00. The largest absolute Gasteiger partial charge is 0.354 e. The van der Waals surface area contributed by atoms with E-state index < -0.39 is 0 Å². The highest BCUT2D eigenvalue weighted by atomic mass is 35.5. The minimum absolute atomic E-state index is 0.237. The average Bonchev–Trinajstić information content (AvgIpc) is 2.29. The lowest BCUT2D eigenvalue weighted by Crippen LogP contribution is -2.41. The average molecular weight is 240 g/mol. The number of anilines is 1. The summed E-state index contributed by atoms with van der Waals surface area (Å²) in [4.78, 5) is 2.18. The summed E-state index contributed by atoms with van der Waals surface area (Å²) in [5, 5.41) is 8.39. The van der Waals surface area contributed by atoms with Crippen LogP contribution in [-0.2, 0) is 0 Å². The van der Waals surface area contributed by atoms with E-state index in [1.165, 1.54) is 12.8 Å². The summed E-state index contributed by atoms with van der Waals surface area (Å²) < 4.78 is 0. The van der Waals surface area contributed by atoms with Crippen molar-refractivity contribution in [3.63, 3.8) is 0 Å². The molecule has 1 aromatic rings. The molecule has 1 saturated carbocycles. The fraction of sp³-hybridized carbons (Fsp3) is 0.667. The van der Waals surface area contributed by atoms with Crippen molar-refractivity contribution in [3.05, 3.63) is 17.8 Å². The molecule has 2 atom stereocenters.